The summed E-state index contributed by atoms with van der Waals surface area (Å²) in [5, 5.41) is 8.99. The van der Waals surface area contributed by atoms with E-state index in [1.165, 1.54) is 12.1 Å². The van der Waals surface area contributed by atoms with Crippen molar-refractivity contribution in [2.45, 2.75) is 37.8 Å². The van der Waals surface area contributed by atoms with Crippen LogP contribution in [0, 0.1) is 5.82 Å². The highest BCUT2D eigenvalue weighted by Crippen LogP contribution is 2.25. The van der Waals surface area contributed by atoms with Crippen molar-refractivity contribution in [2.75, 3.05) is 6.61 Å². The van der Waals surface area contributed by atoms with Crippen LogP contribution in [0.3, 0.4) is 0 Å². The smallest absolute Gasteiger partial charge is 0.123 e. The molecule has 0 heterocycles. The molecule has 1 rings (SSSR count). The van der Waals surface area contributed by atoms with Crippen molar-refractivity contribution in [1.29, 1.82) is 0 Å². The molecule has 0 radical (unpaired) electrons. The highest BCUT2D eigenvalue weighted by atomic mass is 19.1. The minimum Gasteiger partial charge on any atom is -0.395 e. The van der Waals surface area contributed by atoms with Gasteiger partial charge in [-0.15, -0.1) is 0 Å². The molecule has 17 heavy (non-hydrogen) atoms. The number of aliphatic hydroxyl groups is 1. The van der Waals surface area contributed by atoms with Crippen molar-refractivity contribution in [1.82, 2.24) is 0 Å². The van der Waals surface area contributed by atoms with E-state index in [9.17, 15) is 4.39 Å². The summed E-state index contributed by atoms with van der Waals surface area (Å²) < 4.78 is 12.9. The van der Waals surface area contributed by atoms with Crippen LogP contribution in [0.2, 0.25) is 0 Å². The summed E-state index contributed by atoms with van der Waals surface area (Å²) in [7, 11) is 0. The van der Waals surface area contributed by atoms with Crippen LogP contribution in [0.5, 0.6) is 0 Å². The van der Waals surface area contributed by atoms with Gasteiger partial charge < -0.3 is 16.6 Å². The first-order valence-electron chi connectivity index (χ1n) is 5.90. The Hall–Kier alpha value is -0.970. The molecule has 0 amide bonds. The lowest BCUT2D eigenvalue weighted by molar-refractivity contribution is 0.251. The van der Waals surface area contributed by atoms with Crippen LogP contribution in [0.15, 0.2) is 24.3 Å². The number of hydrogen-bond donors (Lipinski definition) is 3. The molecular formula is C13H21FN2O. The second-order valence-corrected chi connectivity index (χ2v) is 4.64. The first kappa shape index (κ1) is 14.1. The zero-order valence-electron chi connectivity index (χ0n) is 10.1. The quantitative estimate of drug-likeness (QED) is 0.703. The summed E-state index contributed by atoms with van der Waals surface area (Å²) >= 11 is 0. The molecule has 0 aromatic heterocycles. The Labute approximate surface area is 102 Å². The molecule has 5 N–H and O–H groups in total. The van der Waals surface area contributed by atoms with Gasteiger partial charge in [0.05, 0.1) is 6.61 Å². The lowest BCUT2D eigenvalue weighted by Crippen LogP contribution is -2.29. The van der Waals surface area contributed by atoms with Gasteiger partial charge in [-0.25, -0.2) is 4.39 Å². The third-order valence-corrected chi connectivity index (χ3v) is 2.82. The fourth-order valence-electron chi connectivity index (χ4n) is 1.99. The summed E-state index contributed by atoms with van der Waals surface area (Å²) in [5.41, 5.74) is 12.6. The molecule has 0 saturated carbocycles. The van der Waals surface area contributed by atoms with Crippen LogP contribution in [0.1, 0.15) is 31.2 Å². The fourth-order valence-corrected chi connectivity index (χ4v) is 1.99. The first-order chi connectivity index (χ1) is 8.02. The van der Waals surface area contributed by atoms with Crippen molar-refractivity contribution in [3.05, 3.63) is 35.6 Å². The molecule has 0 bridgehead atoms. The van der Waals surface area contributed by atoms with Crippen LogP contribution in [-0.4, -0.2) is 23.8 Å². The number of halogens is 1. The van der Waals surface area contributed by atoms with Gasteiger partial charge in [0, 0.05) is 12.1 Å². The normalized spacial score (nSPS) is 16.5. The highest BCUT2D eigenvalue weighted by molar-refractivity contribution is 5.21. The number of hydrogen-bond acceptors (Lipinski definition) is 3. The minimum absolute atomic E-state index is 0.0450. The molecule has 3 unspecified atom stereocenters. The predicted octanol–water partition coefficient (Wildman–Crippen LogP) is 1.36. The van der Waals surface area contributed by atoms with Crippen molar-refractivity contribution >= 4 is 0 Å². The summed E-state index contributed by atoms with van der Waals surface area (Å²) in [6, 6.07) is 6.18. The second kappa shape index (κ2) is 6.69. The van der Waals surface area contributed by atoms with Crippen molar-refractivity contribution in [3.63, 3.8) is 0 Å². The summed E-state index contributed by atoms with van der Waals surface area (Å²) in [5.74, 6) is -0.0856. The minimum atomic E-state index is -0.260. The maximum absolute atomic E-state index is 12.9. The third-order valence-electron chi connectivity index (χ3n) is 2.82. The van der Waals surface area contributed by atoms with E-state index in [4.69, 9.17) is 16.6 Å². The first-order valence-corrected chi connectivity index (χ1v) is 5.90. The maximum Gasteiger partial charge on any atom is 0.123 e. The molecule has 96 valence electrons. The van der Waals surface area contributed by atoms with E-state index in [0.717, 1.165) is 12.0 Å². The predicted molar refractivity (Wildman–Crippen MR) is 67.1 cm³/mol. The van der Waals surface area contributed by atoms with Crippen molar-refractivity contribution in [2.24, 2.45) is 11.5 Å². The Balaban J connectivity index is 2.77. The molecule has 4 heteroatoms. The summed E-state index contributed by atoms with van der Waals surface area (Å²) in [6.45, 7) is 1.89. The van der Waals surface area contributed by atoms with E-state index in [0.29, 0.717) is 6.42 Å². The number of nitrogens with two attached hydrogens (primary N) is 2. The Morgan fingerprint density at radius 3 is 2.24 bits per heavy atom. The Morgan fingerprint density at radius 1 is 1.18 bits per heavy atom. The zero-order chi connectivity index (χ0) is 12.8. The van der Waals surface area contributed by atoms with E-state index in [1.54, 1.807) is 12.1 Å². The second-order valence-electron chi connectivity index (χ2n) is 4.64. The van der Waals surface area contributed by atoms with Crippen LogP contribution in [0.4, 0.5) is 4.39 Å². The van der Waals surface area contributed by atoms with Crippen molar-refractivity contribution < 1.29 is 9.50 Å². The lowest BCUT2D eigenvalue weighted by atomic mass is 9.87. The third kappa shape index (κ3) is 4.81. The Bertz CT molecular complexity index is 327. The number of benzene rings is 1. The fraction of sp³-hybridized carbons (Fsp3) is 0.538. The van der Waals surface area contributed by atoms with Gasteiger partial charge in [-0.05, 0) is 43.4 Å². The summed E-state index contributed by atoms with van der Waals surface area (Å²) in [4.78, 5) is 0. The number of aliphatic hydroxyl groups excluding tert-OH is 1. The molecule has 1 aromatic rings. The van der Waals surface area contributed by atoms with Gasteiger partial charge >= 0.3 is 0 Å². The van der Waals surface area contributed by atoms with Gasteiger partial charge in [0.25, 0.3) is 0 Å². The Morgan fingerprint density at radius 2 is 1.76 bits per heavy atom. The van der Waals surface area contributed by atoms with Crippen LogP contribution in [0.25, 0.3) is 0 Å². The highest BCUT2D eigenvalue weighted by Gasteiger charge is 2.17. The Kier molecular flexibility index (Phi) is 5.55. The van der Waals surface area contributed by atoms with Gasteiger partial charge in [-0.3, -0.25) is 0 Å². The van der Waals surface area contributed by atoms with E-state index in [-0.39, 0.29) is 30.4 Å². The lowest BCUT2D eigenvalue weighted by Gasteiger charge is -2.22. The molecule has 0 aliphatic heterocycles. The largest absolute Gasteiger partial charge is 0.395 e. The van der Waals surface area contributed by atoms with Crippen LogP contribution < -0.4 is 11.5 Å². The standard InChI is InChI=1S/C13H21FN2O/c1-9(15)6-11(7-13(16)8-17)10-2-4-12(14)5-3-10/h2-5,9,11,13,17H,6-8,15-16H2,1H3. The van der Waals surface area contributed by atoms with E-state index >= 15 is 0 Å². The number of rotatable bonds is 6. The van der Waals surface area contributed by atoms with Crippen LogP contribution in [-0.2, 0) is 0 Å². The van der Waals surface area contributed by atoms with Gasteiger partial charge in [-0.2, -0.15) is 0 Å². The van der Waals surface area contributed by atoms with E-state index in [1.807, 2.05) is 6.92 Å². The van der Waals surface area contributed by atoms with Crippen molar-refractivity contribution in [3.8, 4) is 0 Å². The summed E-state index contributed by atoms with van der Waals surface area (Å²) in [6.07, 6.45) is 1.43. The van der Waals surface area contributed by atoms with Gasteiger partial charge in [0.15, 0.2) is 0 Å². The topological polar surface area (TPSA) is 72.3 Å². The molecule has 3 nitrogen and oxygen atoms in total. The van der Waals surface area contributed by atoms with Gasteiger partial charge in [0.2, 0.25) is 0 Å². The van der Waals surface area contributed by atoms with E-state index < -0.39 is 0 Å². The molecular weight excluding hydrogens is 219 g/mol. The molecule has 0 saturated heterocycles. The molecule has 1 aromatic carbocycles. The van der Waals surface area contributed by atoms with E-state index in [2.05, 4.69) is 0 Å². The average Bonchev–Trinajstić information content (AvgIpc) is 2.28. The molecule has 0 aliphatic carbocycles. The zero-order valence-corrected chi connectivity index (χ0v) is 10.1. The molecule has 0 fully saturated rings. The van der Waals surface area contributed by atoms with Gasteiger partial charge in [0.1, 0.15) is 5.82 Å². The maximum atomic E-state index is 12.9. The molecule has 0 aliphatic rings. The average molecular weight is 240 g/mol. The monoisotopic (exact) mass is 240 g/mol. The molecule has 3 atom stereocenters. The molecule has 0 spiro atoms. The van der Waals surface area contributed by atoms with Gasteiger partial charge in [-0.1, -0.05) is 12.1 Å². The SMILES string of the molecule is CC(N)CC(CC(N)CO)c1ccc(F)cc1. The van der Waals surface area contributed by atoms with Crippen LogP contribution >= 0.6 is 0 Å².